The first kappa shape index (κ1) is 11.7. The predicted molar refractivity (Wildman–Crippen MR) is 79.9 cm³/mol. The van der Waals surface area contributed by atoms with Gasteiger partial charge in [-0.25, -0.2) is 0 Å². The SMILES string of the molecule is COc1cc2ccc(Br)cc2c(=O)c2ccsc12. The van der Waals surface area contributed by atoms with Crippen LogP contribution < -0.4 is 10.2 Å². The van der Waals surface area contributed by atoms with E-state index in [9.17, 15) is 4.79 Å². The molecule has 0 aliphatic carbocycles. The highest BCUT2D eigenvalue weighted by Gasteiger charge is 2.09. The highest BCUT2D eigenvalue weighted by molar-refractivity contribution is 9.10. The van der Waals surface area contributed by atoms with Crippen molar-refractivity contribution in [3.63, 3.8) is 0 Å². The van der Waals surface area contributed by atoms with Crippen molar-refractivity contribution in [2.75, 3.05) is 7.11 Å². The summed E-state index contributed by atoms with van der Waals surface area (Å²) in [6.45, 7) is 0. The standard InChI is InChI=1S/C14H9BrO2S/c1-17-12-6-8-2-3-9(15)7-11(8)13(16)10-4-5-18-14(10)12/h2-7H,1H3. The smallest absolute Gasteiger partial charge is 0.195 e. The zero-order valence-corrected chi connectivity index (χ0v) is 12.0. The molecular weight excluding hydrogens is 312 g/mol. The number of methoxy groups -OCH3 is 1. The first-order valence-electron chi connectivity index (χ1n) is 5.38. The van der Waals surface area contributed by atoms with Crippen LogP contribution in [0.25, 0.3) is 20.9 Å². The third-order valence-corrected chi connectivity index (χ3v) is 4.32. The van der Waals surface area contributed by atoms with Crippen LogP contribution in [-0.4, -0.2) is 7.11 Å². The van der Waals surface area contributed by atoms with E-state index in [4.69, 9.17) is 4.74 Å². The van der Waals surface area contributed by atoms with Crippen molar-refractivity contribution in [1.29, 1.82) is 0 Å². The van der Waals surface area contributed by atoms with Crippen LogP contribution in [0.3, 0.4) is 0 Å². The minimum absolute atomic E-state index is 0.0471. The second kappa shape index (κ2) is 4.37. The van der Waals surface area contributed by atoms with Gasteiger partial charge in [0.15, 0.2) is 5.43 Å². The average Bonchev–Trinajstić information content (AvgIpc) is 2.81. The Morgan fingerprint density at radius 3 is 2.78 bits per heavy atom. The Morgan fingerprint density at radius 2 is 2.00 bits per heavy atom. The zero-order valence-electron chi connectivity index (χ0n) is 9.57. The van der Waals surface area contributed by atoms with Crippen molar-refractivity contribution in [2.24, 2.45) is 0 Å². The summed E-state index contributed by atoms with van der Waals surface area (Å²) in [5.41, 5.74) is 0.0471. The number of hydrogen-bond acceptors (Lipinski definition) is 3. The molecule has 0 aliphatic rings. The molecule has 0 saturated carbocycles. The third-order valence-electron chi connectivity index (χ3n) is 2.90. The summed E-state index contributed by atoms with van der Waals surface area (Å²) in [4.78, 5) is 12.5. The van der Waals surface area contributed by atoms with Crippen LogP contribution in [-0.2, 0) is 0 Å². The van der Waals surface area contributed by atoms with E-state index >= 15 is 0 Å². The third kappa shape index (κ3) is 1.72. The number of thiophene rings is 1. The Balaban J connectivity index is 2.65. The molecule has 0 unspecified atom stereocenters. The van der Waals surface area contributed by atoms with Crippen LogP contribution in [0, 0.1) is 0 Å². The maximum atomic E-state index is 12.5. The van der Waals surface area contributed by atoms with Crippen molar-refractivity contribution in [2.45, 2.75) is 0 Å². The van der Waals surface area contributed by atoms with E-state index in [1.54, 1.807) is 7.11 Å². The van der Waals surface area contributed by atoms with Crippen LogP contribution in [0.4, 0.5) is 0 Å². The van der Waals surface area contributed by atoms with Crippen LogP contribution in [0.2, 0.25) is 0 Å². The topological polar surface area (TPSA) is 26.3 Å². The van der Waals surface area contributed by atoms with E-state index < -0.39 is 0 Å². The van der Waals surface area contributed by atoms with Crippen LogP contribution >= 0.6 is 27.3 Å². The van der Waals surface area contributed by atoms with Crippen LogP contribution in [0.1, 0.15) is 0 Å². The maximum absolute atomic E-state index is 12.5. The lowest BCUT2D eigenvalue weighted by Crippen LogP contribution is -1.96. The zero-order chi connectivity index (χ0) is 12.7. The molecule has 0 amide bonds. The Bertz CT molecular complexity index is 808. The summed E-state index contributed by atoms with van der Waals surface area (Å²) in [6.07, 6.45) is 0. The molecule has 1 heterocycles. The lowest BCUT2D eigenvalue weighted by Gasteiger charge is -1.96. The minimum Gasteiger partial charge on any atom is -0.495 e. The van der Waals surface area contributed by atoms with E-state index in [1.165, 1.54) is 11.3 Å². The molecule has 0 radical (unpaired) electrons. The van der Waals surface area contributed by atoms with Gasteiger partial charge in [-0.05, 0) is 35.0 Å². The number of benzene rings is 1. The van der Waals surface area contributed by atoms with E-state index in [-0.39, 0.29) is 5.43 Å². The van der Waals surface area contributed by atoms with Gasteiger partial charge in [-0.2, -0.15) is 0 Å². The normalized spacial score (nSPS) is 11.0. The predicted octanol–water partition coefficient (Wildman–Crippen LogP) is 4.19. The van der Waals surface area contributed by atoms with Gasteiger partial charge in [-0.15, -0.1) is 11.3 Å². The van der Waals surface area contributed by atoms with Gasteiger partial charge in [0.25, 0.3) is 0 Å². The molecule has 3 rings (SSSR count). The van der Waals surface area contributed by atoms with E-state index in [1.807, 2.05) is 35.7 Å². The molecule has 0 spiro atoms. The molecule has 90 valence electrons. The second-order valence-electron chi connectivity index (χ2n) is 3.94. The minimum atomic E-state index is 0.0471. The highest BCUT2D eigenvalue weighted by Crippen LogP contribution is 2.30. The second-order valence-corrected chi connectivity index (χ2v) is 5.77. The fourth-order valence-electron chi connectivity index (χ4n) is 2.03. The van der Waals surface area contributed by atoms with Gasteiger partial charge in [-0.1, -0.05) is 22.0 Å². The summed E-state index contributed by atoms with van der Waals surface area (Å²) < 4.78 is 7.20. The van der Waals surface area contributed by atoms with Gasteiger partial charge in [-0.3, -0.25) is 4.79 Å². The molecule has 0 bridgehead atoms. The largest absolute Gasteiger partial charge is 0.495 e. The van der Waals surface area contributed by atoms with Gasteiger partial charge < -0.3 is 4.74 Å². The summed E-state index contributed by atoms with van der Waals surface area (Å²) in [7, 11) is 1.63. The van der Waals surface area contributed by atoms with Crippen molar-refractivity contribution in [3.05, 3.63) is 50.4 Å². The van der Waals surface area contributed by atoms with Gasteiger partial charge in [0.2, 0.25) is 0 Å². The molecule has 18 heavy (non-hydrogen) atoms. The number of ether oxygens (including phenoxy) is 1. The molecule has 2 nitrogen and oxygen atoms in total. The number of halogens is 1. The molecule has 0 atom stereocenters. The van der Waals surface area contributed by atoms with Gasteiger partial charge in [0.1, 0.15) is 5.75 Å². The molecule has 2 aromatic carbocycles. The molecule has 4 heteroatoms. The van der Waals surface area contributed by atoms with Crippen LogP contribution in [0.15, 0.2) is 45.0 Å². The fraction of sp³-hybridized carbons (Fsp3) is 0.0714. The number of rotatable bonds is 1. The maximum Gasteiger partial charge on any atom is 0.195 e. The lowest BCUT2D eigenvalue weighted by atomic mass is 10.2. The Hall–Kier alpha value is -1.39. The van der Waals surface area contributed by atoms with Crippen molar-refractivity contribution in [1.82, 2.24) is 0 Å². The Morgan fingerprint density at radius 1 is 1.17 bits per heavy atom. The van der Waals surface area contributed by atoms with Gasteiger partial charge in [0.05, 0.1) is 11.8 Å². The van der Waals surface area contributed by atoms with Gasteiger partial charge in [0, 0.05) is 15.2 Å². The Labute approximate surface area is 116 Å². The van der Waals surface area contributed by atoms with E-state index in [0.29, 0.717) is 10.8 Å². The molecule has 0 fully saturated rings. The first-order valence-corrected chi connectivity index (χ1v) is 7.06. The van der Waals surface area contributed by atoms with Crippen molar-refractivity contribution in [3.8, 4) is 5.75 Å². The van der Waals surface area contributed by atoms with Crippen LogP contribution in [0.5, 0.6) is 5.75 Å². The first-order chi connectivity index (χ1) is 8.70. The fourth-order valence-corrected chi connectivity index (χ4v) is 3.28. The average molecular weight is 321 g/mol. The lowest BCUT2D eigenvalue weighted by molar-refractivity contribution is 0.421. The van der Waals surface area contributed by atoms with Crippen molar-refractivity contribution < 1.29 is 4.74 Å². The molecular formula is C14H9BrO2S. The Kier molecular flexibility index (Phi) is 2.84. The van der Waals surface area contributed by atoms with E-state index in [2.05, 4.69) is 15.9 Å². The summed E-state index contributed by atoms with van der Waals surface area (Å²) in [5.74, 6) is 0.745. The van der Waals surface area contributed by atoms with E-state index in [0.717, 1.165) is 20.3 Å². The van der Waals surface area contributed by atoms with Crippen molar-refractivity contribution >= 4 is 48.1 Å². The number of fused-ring (bicyclic) bond motifs is 2. The summed E-state index contributed by atoms with van der Waals surface area (Å²) in [6, 6.07) is 9.48. The molecule has 3 aromatic rings. The molecule has 0 N–H and O–H groups in total. The summed E-state index contributed by atoms with van der Waals surface area (Å²) >= 11 is 4.93. The number of hydrogen-bond donors (Lipinski definition) is 0. The highest BCUT2D eigenvalue weighted by atomic mass is 79.9. The quantitative estimate of drug-likeness (QED) is 0.672. The molecule has 0 aliphatic heterocycles. The monoisotopic (exact) mass is 320 g/mol. The molecule has 0 saturated heterocycles. The van der Waals surface area contributed by atoms with Gasteiger partial charge >= 0.3 is 0 Å². The summed E-state index contributed by atoms with van der Waals surface area (Å²) in [5, 5.41) is 4.22. The molecule has 1 aromatic heterocycles.